The second-order valence-corrected chi connectivity index (χ2v) is 6.96. The zero-order valence-corrected chi connectivity index (χ0v) is 14.2. The maximum absolute atomic E-state index is 4.79. The van der Waals surface area contributed by atoms with Gasteiger partial charge in [0.2, 0.25) is 0 Å². The van der Waals surface area contributed by atoms with Gasteiger partial charge in [0.25, 0.3) is 0 Å². The molecule has 1 aromatic heterocycles. The van der Waals surface area contributed by atoms with Gasteiger partial charge >= 0.3 is 0 Å². The number of nitrogens with zero attached hydrogens (tertiary/aromatic N) is 2. The van der Waals surface area contributed by atoms with Crippen molar-refractivity contribution in [1.29, 1.82) is 0 Å². The fourth-order valence-corrected chi connectivity index (χ4v) is 3.91. The molecule has 0 N–H and O–H groups in total. The Morgan fingerprint density at radius 2 is 1.94 bits per heavy atom. The predicted molar refractivity (Wildman–Crippen MR) is 83.7 cm³/mol. The number of hydrogen-bond acceptors (Lipinski definition) is 1. The molecule has 1 aromatic rings. The molecule has 0 unspecified atom stereocenters. The Bertz CT molecular complexity index is 366. The fourth-order valence-electron chi connectivity index (χ4n) is 2.59. The summed E-state index contributed by atoms with van der Waals surface area (Å²) in [5.41, 5.74) is 1.48. The Kier molecular flexibility index (Phi) is 5.31. The Balaban J connectivity index is 2.01. The highest BCUT2D eigenvalue weighted by atomic mass is 79.9. The minimum absolute atomic E-state index is 0.256. The number of hydrogen-bond donors (Lipinski definition) is 0. The lowest BCUT2D eigenvalue weighted by Crippen LogP contribution is -2.24. The third-order valence-corrected chi connectivity index (χ3v) is 6.57. The van der Waals surface area contributed by atoms with Crippen molar-refractivity contribution >= 4 is 31.9 Å². The maximum Gasteiger partial charge on any atom is 0.0630 e. The molecule has 2 rings (SSSR count). The van der Waals surface area contributed by atoms with E-state index in [2.05, 4.69) is 55.7 Å². The monoisotopic (exact) mass is 376 g/mol. The van der Waals surface area contributed by atoms with E-state index < -0.39 is 0 Å². The highest BCUT2D eigenvalue weighted by molar-refractivity contribution is 9.09. The topological polar surface area (TPSA) is 17.8 Å². The summed E-state index contributed by atoms with van der Waals surface area (Å²) >= 11 is 7.22. The molecule has 2 nitrogen and oxygen atoms in total. The third kappa shape index (κ3) is 3.60. The molecule has 18 heavy (non-hydrogen) atoms. The first-order chi connectivity index (χ1) is 8.67. The van der Waals surface area contributed by atoms with Crippen molar-refractivity contribution < 1.29 is 0 Å². The molecule has 0 aromatic carbocycles. The summed E-state index contributed by atoms with van der Waals surface area (Å²) in [7, 11) is 0. The summed E-state index contributed by atoms with van der Waals surface area (Å²) in [4.78, 5) is 0. The van der Waals surface area contributed by atoms with Crippen molar-refractivity contribution in [1.82, 2.24) is 9.78 Å². The molecule has 1 fully saturated rings. The van der Waals surface area contributed by atoms with E-state index in [9.17, 15) is 0 Å². The van der Waals surface area contributed by atoms with Crippen LogP contribution < -0.4 is 0 Å². The number of rotatable bonds is 5. The lowest BCUT2D eigenvalue weighted by molar-refractivity contribution is 0.325. The van der Waals surface area contributed by atoms with E-state index in [4.69, 9.17) is 5.10 Å². The van der Waals surface area contributed by atoms with E-state index in [-0.39, 0.29) is 5.41 Å². The first kappa shape index (κ1) is 14.6. The SMILES string of the molecule is CC(CBr)(CBr)Cc1ccn(C2CCCCC2)n1. The van der Waals surface area contributed by atoms with Gasteiger partial charge in [-0.15, -0.1) is 0 Å². The van der Waals surface area contributed by atoms with Crippen molar-refractivity contribution in [3.05, 3.63) is 18.0 Å². The highest BCUT2D eigenvalue weighted by Gasteiger charge is 2.24. The zero-order valence-electron chi connectivity index (χ0n) is 11.0. The van der Waals surface area contributed by atoms with Gasteiger partial charge in [-0.25, -0.2) is 0 Å². The Hall–Kier alpha value is 0.170. The number of halogens is 2. The molecule has 0 saturated heterocycles. The average molecular weight is 378 g/mol. The van der Waals surface area contributed by atoms with Gasteiger partial charge in [-0.3, -0.25) is 4.68 Å². The molecule has 1 aliphatic rings. The molecule has 0 radical (unpaired) electrons. The van der Waals surface area contributed by atoms with Gasteiger partial charge in [-0.05, 0) is 30.7 Å². The first-order valence-electron chi connectivity index (χ1n) is 6.83. The molecule has 4 heteroatoms. The molecular weight excluding hydrogens is 356 g/mol. The van der Waals surface area contributed by atoms with Crippen LogP contribution in [0.4, 0.5) is 0 Å². The summed E-state index contributed by atoms with van der Waals surface area (Å²) < 4.78 is 2.21. The highest BCUT2D eigenvalue weighted by Crippen LogP contribution is 2.29. The van der Waals surface area contributed by atoms with Crippen LogP contribution in [-0.2, 0) is 6.42 Å². The maximum atomic E-state index is 4.79. The van der Waals surface area contributed by atoms with Crippen LogP contribution in [0.3, 0.4) is 0 Å². The molecule has 0 spiro atoms. The standard InChI is InChI=1S/C14H22Br2N2/c1-14(10-15,11-16)9-12-7-8-18(17-12)13-5-3-2-4-6-13/h7-8,13H,2-6,9-11H2,1H3. The largest absolute Gasteiger partial charge is 0.269 e. The number of alkyl halides is 2. The summed E-state index contributed by atoms with van der Waals surface area (Å²) in [6.07, 6.45) is 9.93. The quantitative estimate of drug-likeness (QED) is 0.678. The Morgan fingerprint density at radius 3 is 2.56 bits per heavy atom. The van der Waals surface area contributed by atoms with Crippen LogP contribution in [0.1, 0.15) is 50.8 Å². The van der Waals surface area contributed by atoms with E-state index in [0.717, 1.165) is 17.1 Å². The summed E-state index contributed by atoms with van der Waals surface area (Å²) in [6, 6.07) is 2.84. The van der Waals surface area contributed by atoms with Crippen molar-refractivity contribution in [2.24, 2.45) is 5.41 Å². The van der Waals surface area contributed by atoms with E-state index >= 15 is 0 Å². The molecule has 1 aliphatic carbocycles. The van der Waals surface area contributed by atoms with Gasteiger partial charge < -0.3 is 0 Å². The van der Waals surface area contributed by atoms with Crippen LogP contribution in [0.25, 0.3) is 0 Å². The normalized spacial score (nSPS) is 18.2. The lowest BCUT2D eigenvalue weighted by Gasteiger charge is -2.24. The number of aromatic nitrogens is 2. The molecule has 0 atom stereocenters. The minimum Gasteiger partial charge on any atom is -0.269 e. The average Bonchev–Trinajstić information content (AvgIpc) is 2.88. The summed E-state index contributed by atoms with van der Waals surface area (Å²) in [5.74, 6) is 0. The molecule has 0 amide bonds. The van der Waals surface area contributed by atoms with Gasteiger partial charge in [0.15, 0.2) is 0 Å². The minimum atomic E-state index is 0.256. The molecule has 102 valence electrons. The summed E-state index contributed by atoms with van der Waals surface area (Å²) in [6.45, 7) is 2.29. The molecule has 1 heterocycles. The van der Waals surface area contributed by atoms with Crippen LogP contribution in [0.15, 0.2) is 12.3 Å². The second-order valence-electron chi connectivity index (χ2n) is 5.83. The fraction of sp³-hybridized carbons (Fsp3) is 0.786. The van der Waals surface area contributed by atoms with Crippen molar-refractivity contribution in [2.45, 2.75) is 51.5 Å². The van der Waals surface area contributed by atoms with Crippen molar-refractivity contribution in [2.75, 3.05) is 10.7 Å². The van der Waals surface area contributed by atoms with Crippen molar-refractivity contribution in [3.63, 3.8) is 0 Å². The van der Waals surface area contributed by atoms with Gasteiger partial charge in [0.05, 0.1) is 11.7 Å². The predicted octanol–water partition coefficient (Wildman–Crippen LogP) is 4.73. The van der Waals surface area contributed by atoms with Gasteiger partial charge in [0.1, 0.15) is 0 Å². The van der Waals surface area contributed by atoms with Crippen LogP contribution >= 0.6 is 31.9 Å². The first-order valence-corrected chi connectivity index (χ1v) is 9.07. The zero-order chi connectivity index (χ0) is 13.0. The van der Waals surface area contributed by atoms with Gasteiger partial charge in [-0.1, -0.05) is 58.0 Å². The van der Waals surface area contributed by atoms with Crippen LogP contribution in [0.5, 0.6) is 0 Å². The van der Waals surface area contributed by atoms with E-state index in [1.807, 2.05) is 0 Å². The Labute approximate surface area is 127 Å². The molecule has 0 bridgehead atoms. The van der Waals surface area contributed by atoms with Gasteiger partial charge in [-0.2, -0.15) is 5.10 Å². The Morgan fingerprint density at radius 1 is 1.28 bits per heavy atom. The lowest BCUT2D eigenvalue weighted by atomic mass is 9.90. The molecule has 1 saturated carbocycles. The van der Waals surface area contributed by atoms with E-state index in [0.29, 0.717) is 6.04 Å². The van der Waals surface area contributed by atoms with Crippen LogP contribution in [-0.4, -0.2) is 20.4 Å². The van der Waals surface area contributed by atoms with Crippen LogP contribution in [0.2, 0.25) is 0 Å². The smallest absolute Gasteiger partial charge is 0.0630 e. The molecule has 0 aliphatic heterocycles. The van der Waals surface area contributed by atoms with Crippen LogP contribution in [0, 0.1) is 5.41 Å². The van der Waals surface area contributed by atoms with Gasteiger partial charge in [0, 0.05) is 16.9 Å². The summed E-state index contributed by atoms with van der Waals surface area (Å²) in [5, 5.41) is 6.79. The van der Waals surface area contributed by atoms with E-state index in [1.165, 1.54) is 37.8 Å². The third-order valence-electron chi connectivity index (χ3n) is 3.87. The van der Waals surface area contributed by atoms with E-state index in [1.54, 1.807) is 0 Å². The van der Waals surface area contributed by atoms with Crippen molar-refractivity contribution in [3.8, 4) is 0 Å². The molecular formula is C14H22Br2N2. The second kappa shape index (κ2) is 6.56.